The second-order valence-corrected chi connectivity index (χ2v) is 16.9. The smallest absolute Gasteiger partial charge is 0.251 e. The molecular weight excluding hydrogens is 789 g/mol. The quantitative estimate of drug-likeness (QED) is 0.0915. The molecule has 0 fully saturated rings. The number of hydrogen-bond acceptors (Lipinski definition) is 5. The number of aromatic nitrogens is 4. The van der Waals surface area contributed by atoms with E-state index in [2.05, 4.69) is 163 Å². The lowest BCUT2D eigenvalue weighted by Crippen LogP contribution is -2.32. The second-order valence-electron chi connectivity index (χ2n) is 16.9. The molecule has 5 heterocycles. The maximum Gasteiger partial charge on any atom is 0.251 e. The van der Waals surface area contributed by atoms with Crippen molar-refractivity contribution >= 4 is 58.1 Å². The fourth-order valence-electron chi connectivity index (χ4n) is 8.70. The molecule has 1 amide bonds. The summed E-state index contributed by atoms with van der Waals surface area (Å²) in [5.41, 5.74) is 19.2. The summed E-state index contributed by atoms with van der Waals surface area (Å²) in [7, 11) is 1.80. The van der Waals surface area contributed by atoms with E-state index in [0.29, 0.717) is 12.1 Å². The molecule has 8 bridgehead atoms. The summed E-state index contributed by atoms with van der Waals surface area (Å²) in [6.45, 7) is 8.45. The third kappa shape index (κ3) is 8.65. The van der Waals surface area contributed by atoms with Crippen molar-refractivity contribution in [1.29, 1.82) is 0 Å². The van der Waals surface area contributed by atoms with E-state index >= 15 is 0 Å². The van der Waals surface area contributed by atoms with Crippen LogP contribution in [0.2, 0.25) is 0 Å². The number of carbonyl (C=O) groups is 2. The summed E-state index contributed by atoms with van der Waals surface area (Å²) >= 11 is 0. The van der Waals surface area contributed by atoms with Gasteiger partial charge in [-0.2, -0.15) is 0 Å². The number of Topliss-reactive ketones (excluding diaryl/α,β-unsaturated/α-hetero) is 1. The standard InChI is InChI=1S/C56H52N6O2/c1-34-9-15-38(16-10-34)52-44-25-27-46(59-44)53(39-17-11-35(2)12-18-39)48-29-31-50(61-48)55(41-21-23-42(24-22-41)56(64)58-33-7-6-8-43(57-5)37(4)63)51-32-30-49(62-51)54(47-28-26-45(52)60-47)40-19-13-36(3)14-20-40/h9-32,43,57,59,62H,6-8,33H2,1-5H3,(H,58,64). The van der Waals surface area contributed by atoms with Gasteiger partial charge in [0.1, 0.15) is 5.78 Å². The Hall–Kier alpha value is -7.42. The van der Waals surface area contributed by atoms with Gasteiger partial charge in [-0.25, -0.2) is 9.97 Å². The zero-order chi connectivity index (χ0) is 44.3. The van der Waals surface area contributed by atoms with Crippen molar-refractivity contribution in [2.24, 2.45) is 0 Å². The molecule has 8 heteroatoms. The van der Waals surface area contributed by atoms with Crippen LogP contribution in [0.4, 0.5) is 0 Å². The van der Waals surface area contributed by atoms with Crippen molar-refractivity contribution in [2.45, 2.75) is 53.0 Å². The van der Waals surface area contributed by atoms with Crippen molar-refractivity contribution in [2.75, 3.05) is 13.6 Å². The molecule has 0 aliphatic carbocycles. The first-order valence-electron chi connectivity index (χ1n) is 22.1. The molecule has 0 saturated carbocycles. The first kappa shape index (κ1) is 41.9. The second kappa shape index (κ2) is 18.1. The molecule has 0 spiro atoms. The molecule has 0 radical (unpaired) electrons. The molecular formula is C56H52N6O2. The maximum absolute atomic E-state index is 13.3. The molecule has 1 unspecified atom stereocenters. The van der Waals surface area contributed by atoms with Gasteiger partial charge < -0.3 is 20.6 Å². The van der Waals surface area contributed by atoms with E-state index in [-0.39, 0.29) is 17.7 Å². The fourth-order valence-corrected chi connectivity index (χ4v) is 8.70. The molecule has 7 aromatic rings. The van der Waals surface area contributed by atoms with E-state index < -0.39 is 0 Å². The molecule has 4 N–H and O–H groups in total. The Kier molecular flexibility index (Phi) is 11.9. The van der Waals surface area contributed by atoms with Crippen LogP contribution in [0.5, 0.6) is 0 Å². The van der Waals surface area contributed by atoms with E-state index in [0.717, 1.165) is 109 Å². The van der Waals surface area contributed by atoms with Crippen LogP contribution in [0.1, 0.15) is 76.0 Å². The molecule has 318 valence electrons. The number of carbonyl (C=O) groups excluding carboxylic acids is 2. The summed E-state index contributed by atoms with van der Waals surface area (Å²) in [4.78, 5) is 43.7. The van der Waals surface area contributed by atoms with Crippen molar-refractivity contribution < 1.29 is 9.59 Å². The average Bonchev–Trinajstić information content (AvgIpc) is 4.15. The topological polar surface area (TPSA) is 116 Å². The van der Waals surface area contributed by atoms with Crippen LogP contribution in [0, 0.1) is 20.8 Å². The number of hydrogen-bond donors (Lipinski definition) is 4. The minimum Gasteiger partial charge on any atom is -0.354 e. The Morgan fingerprint density at radius 1 is 0.500 bits per heavy atom. The molecule has 4 aromatic carbocycles. The number of aryl methyl sites for hydroxylation is 3. The van der Waals surface area contributed by atoms with Crippen molar-refractivity contribution in [1.82, 2.24) is 30.6 Å². The van der Waals surface area contributed by atoms with E-state index in [9.17, 15) is 9.59 Å². The van der Waals surface area contributed by atoms with E-state index in [1.165, 1.54) is 16.7 Å². The number of nitrogens with zero attached hydrogens (tertiary/aromatic N) is 2. The molecule has 2 aliphatic rings. The van der Waals surface area contributed by atoms with Crippen molar-refractivity contribution in [3.05, 3.63) is 166 Å². The van der Waals surface area contributed by atoms with Gasteiger partial charge in [0.25, 0.3) is 5.91 Å². The number of unbranched alkanes of at least 4 members (excludes halogenated alkanes) is 1. The minimum atomic E-state index is -0.153. The molecule has 2 aliphatic heterocycles. The number of likely N-dealkylation sites (N-methyl/N-ethyl adjacent to an activating group) is 1. The molecule has 1 atom stereocenters. The van der Waals surface area contributed by atoms with Gasteiger partial charge in [-0.05, 0) is 137 Å². The maximum atomic E-state index is 13.3. The average molecular weight is 841 g/mol. The highest BCUT2D eigenvalue weighted by Gasteiger charge is 2.20. The van der Waals surface area contributed by atoms with Crippen LogP contribution in [-0.2, 0) is 4.79 Å². The number of H-pyrrole nitrogens is 2. The molecule has 64 heavy (non-hydrogen) atoms. The van der Waals surface area contributed by atoms with Crippen LogP contribution in [0.3, 0.4) is 0 Å². The Bertz CT molecular complexity index is 3070. The van der Waals surface area contributed by atoms with Gasteiger partial charge in [-0.15, -0.1) is 0 Å². The van der Waals surface area contributed by atoms with E-state index in [1.807, 2.05) is 24.3 Å². The van der Waals surface area contributed by atoms with Gasteiger partial charge in [-0.3, -0.25) is 9.59 Å². The van der Waals surface area contributed by atoms with Crippen molar-refractivity contribution in [3.8, 4) is 44.5 Å². The third-order valence-corrected chi connectivity index (χ3v) is 12.3. The number of ketones is 1. The van der Waals surface area contributed by atoms with Crippen LogP contribution < -0.4 is 10.6 Å². The Morgan fingerprint density at radius 2 is 0.844 bits per heavy atom. The summed E-state index contributed by atoms with van der Waals surface area (Å²) < 4.78 is 0. The third-order valence-electron chi connectivity index (χ3n) is 12.3. The predicted octanol–water partition coefficient (Wildman–Crippen LogP) is 12.3. The van der Waals surface area contributed by atoms with Gasteiger partial charge in [-0.1, -0.05) is 102 Å². The Labute approximate surface area is 374 Å². The first-order chi connectivity index (χ1) is 31.1. The van der Waals surface area contributed by atoms with E-state index in [1.54, 1.807) is 14.0 Å². The summed E-state index contributed by atoms with van der Waals surface area (Å²) in [5.74, 6) is -0.00378. The zero-order valence-electron chi connectivity index (χ0n) is 37.0. The van der Waals surface area contributed by atoms with Crippen LogP contribution >= 0.6 is 0 Å². The van der Waals surface area contributed by atoms with Gasteiger partial charge in [0, 0.05) is 56.4 Å². The van der Waals surface area contributed by atoms with Gasteiger partial charge in [0.05, 0.1) is 28.8 Å². The number of fused-ring (bicyclic) bond motifs is 8. The van der Waals surface area contributed by atoms with Crippen molar-refractivity contribution in [3.63, 3.8) is 0 Å². The van der Waals surface area contributed by atoms with Crippen LogP contribution in [0.15, 0.2) is 121 Å². The highest BCUT2D eigenvalue weighted by molar-refractivity contribution is 6.00. The largest absolute Gasteiger partial charge is 0.354 e. The highest BCUT2D eigenvalue weighted by Crippen LogP contribution is 2.38. The van der Waals surface area contributed by atoms with Crippen LogP contribution in [0.25, 0.3) is 90.9 Å². The Balaban J connectivity index is 1.24. The zero-order valence-corrected chi connectivity index (χ0v) is 37.0. The van der Waals surface area contributed by atoms with Gasteiger partial charge >= 0.3 is 0 Å². The lowest BCUT2D eigenvalue weighted by Gasteiger charge is -2.12. The first-order valence-corrected chi connectivity index (χ1v) is 22.1. The molecule has 9 rings (SSSR count). The van der Waals surface area contributed by atoms with Crippen LogP contribution in [-0.4, -0.2) is 51.3 Å². The predicted molar refractivity (Wildman–Crippen MR) is 265 cm³/mol. The number of amides is 1. The number of benzene rings is 4. The fraction of sp³-hybridized carbons (Fsp3) is 0.179. The minimum absolute atomic E-state index is 0.129. The molecule has 3 aromatic heterocycles. The summed E-state index contributed by atoms with van der Waals surface area (Å²) in [6, 6.07) is 42.0. The summed E-state index contributed by atoms with van der Waals surface area (Å²) in [6.07, 6.45) is 10.8. The lowest BCUT2D eigenvalue weighted by atomic mass is 10.0. The number of aromatic amines is 2. The highest BCUT2D eigenvalue weighted by atomic mass is 16.1. The lowest BCUT2D eigenvalue weighted by molar-refractivity contribution is -0.119. The molecule has 0 saturated heterocycles. The summed E-state index contributed by atoms with van der Waals surface area (Å²) in [5, 5.41) is 6.13. The molecule has 8 nitrogen and oxygen atoms in total. The van der Waals surface area contributed by atoms with E-state index in [4.69, 9.17) is 9.97 Å². The van der Waals surface area contributed by atoms with Gasteiger partial charge in [0.2, 0.25) is 0 Å². The SMILES string of the molecule is CNC(CCCCNC(=O)c1ccc(-c2c3nc(c(-c4ccc(C)cc4)c4ccc([nH]4)c(-c4ccc(C)cc4)c4nc(c(-c5ccc(C)cc5)c5ccc2[nH]5)C=C4)C=C3)cc1)C(C)=O. The normalized spacial score (nSPS) is 12.4. The Morgan fingerprint density at radius 3 is 1.17 bits per heavy atom. The number of nitrogens with one attached hydrogen (secondary N) is 4. The number of rotatable bonds is 12. The van der Waals surface area contributed by atoms with Gasteiger partial charge in [0.15, 0.2) is 0 Å². The monoisotopic (exact) mass is 840 g/mol.